The van der Waals surface area contributed by atoms with Crippen molar-refractivity contribution in [2.45, 2.75) is 39.3 Å². The van der Waals surface area contributed by atoms with Crippen molar-refractivity contribution in [3.05, 3.63) is 72.3 Å². The summed E-state index contributed by atoms with van der Waals surface area (Å²) in [4.78, 5) is 7.69. The Bertz CT molecular complexity index is 1440. The summed E-state index contributed by atoms with van der Waals surface area (Å²) in [5, 5.41) is 9.55. The van der Waals surface area contributed by atoms with Gasteiger partial charge in [-0.2, -0.15) is 5.10 Å². The molecule has 7 nitrogen and oxygen atoms in total. The van der Waals surface area contributed by atoms with Gasteiger partial charge >= 0.3 is 0 Å². The van der Waals surface area contributed by atoms with Gasteiger partial charge in [-0.1, -0.05) is 6.07 Å². The normalized spacial score (nSPS) is 12.5. The van der Waals surface area contributed by atoms with E-state index in [4.69, 9.17) is 15.2 Å². The summed E-state index contributed by atoms with van der Waals surface area (Å²) in [5.41, 5.74) is 12.7. The minimum Gasteiger partial charge on any atom is -0.491 e. The zero-order valence-electron chi connectivity index (χ0n) is 19.6. The molecule has 2 aromatic carbocycles. The number of fused-ring (bicyclic) bond motifs is 2. The Morgan fingerprint density at radius 2 is 1.85 bits per heavy atom. The molecule has 0 aliphatic heterocycles. The molecule has 1 unspecified atom stereocenters. The third-order valence-corrected chi connectivity index (χ3v) is 5.85. The van der Waals surface area contributed by atoms with Crippen molar-refractivity contribution in [1.82, 2.24) is 20.2 Å². The minimum atomic E-state index is -0.165. The Morgan fingerprint density at radius 3 is 2.71 bits per heavy atom. The highest BCUT2D eigenvalue weighted by molar-refractivity contribution is 5.86. The molecule has 0 saturated carbocycles. The average molecular weight is 456 g/mol. The maximum absolute atomic E-state index is 6.44. The molecule has 3 aromatic heterocycles. The lowest BCUT2D eigenvalue weighted by Crippen LogP contribution is -2.30. The summed E-state index contributed by atoms with van der Waals surface area (Å²) in [6.45, 7) is 6.45. The van der Waals surface area contributed by atoms with Crippen LogP contribution in [0.25, 0.3) is 32.9 Å². The van der Waals surface area contributed by atoms with Crippen LogP contribution in [-0.2, 0) is 6.42 Å². The molecular formula is C27H29N5O2. The molecule has 0 aliphatic rings. The topological polar surface area (TPSA) is 102 Å². The van der Waals surface area contributed by atoms with Gasteiger partial charge in [0, 0.05) is 46.0 Å². The molecule has 3 heterocycles. The van der Waals surface area contributed by atoms with E-state index in [9.17, 15) is 0 Å². The Kier molecular flexibility index (Phi) is 5.94. The fourth-order valence-corrected chi connectivity index (χ4v) is 4.19. The molecule has 0 amide bonds. The Balaban J connectivity index is 1.27. The van der Waals surface area contributed by atoms with E-state index >= 15 is 0 Å². The van der Waals surface area contributed by atoms with E-state index in [1.807, 2.05) is 63.5 Å². The second-order valence-electron chi connectivity index (χ2n) is 8.95. The summed E-state index contributed by atoms with van der Waals surface area (Å²) in [7, 11) is 0. The van der Waals surface area contributed by atoms with Crippen LogP contribution < -0.4 is 15.2 Å². The van der Waals surface area contributed by atoms with Crippen LogP contribution in [-0.4, -0.2) is 38.9 Å². The van der Waals surface area contributed by atoms with Gasteiger partial charge in [0.2, 0.25) is 0 Å². The number of hydrogen-bond donors (Lipinski definition) is 3. The molecule has 34 heavy (non-hydrogen) atoms. The smallest absolute Gasteiger partial charge is 0.138 e. The van der Waals surface area contributed by atoms with Gasteiger partial charge in [-0.15, -0.1) is 0 Å². The van der Waals surface area contributed by atoms with Gasteiger partial charge in [0.15, 0.2) is 0 Å². The zero-order valence-corrected chi connectivity index (χ0v) is 19.6. The van der Waals surface area contributed by atoms with Gasteiger partial charge in [0.1, 0.15) is 18.1 Å². The van der Waals surface area contributed by atoms with Crippen molar-refractivity contribution >= 4 is 21.8 Å². The maximum atomic E-state index is 6.44. The van der Waals surface area contributed by atoms with E-state index in [1.165, 1.54) is 0 Å². The molecule has 1 atom stereocenters. The van der Waals surface area contributed by atoms with Crippen LogP contribution in [0, 0.1) is 6.92 Å². The molecular weight excluding hydrogens is 426 g/mol. The van der Waals surface area contributed by atoms with Crippen molar-refractivity contribution in [1.29, 1.82) is 0 Å². The van der Waals surface area contributed by atoms with Crippen LogP contribution >= 0.6 is 0 Å². The van der Waals surface area contributed by atoms with Gasteiger partial charge in [-0.25, -0.2) is 0 Å². The number of aromatic amines is 2. The zero-order chi connectivity index (χ0) is 23.7. The van der Waals surface area contributed by atoms with Gasteiger partial charge in [-0.05, 0) is 74.7 Å². The average Bonchev–Trinajstić information content (AvgIpc) is 3.40. The van der Waals surface area contributed by atoms with Gasteiger partial charge in [0.25, 0.3) is 0 Å². The monoisotopic (exact) mass is 455 g/mol. The minimum absolute atomic E-state index is 0.130. The highest BCUT2D eigenvalue weighted by atomic mass is 16.5. The lowest BCUT2D eigenvalue weighted by Gasteiger charge is -2.14. The van der Waals surface area contributed by atoms with Crippen LogP contribution in [0.15, 0.2) is 61.1 Å². The Morgan fingerprint density at radius 1 is 0.971 bits per heavy atom. The van der Waals surface area contributed by atoms with Crippen molar-refractivity contribution in [2.75, 3.05) is 6.61 Å². The number of aryl methyl sites for hydroxylation is 1. The molecule has 174 valence electrons. The van der Waals surface area contributed by atoms with Gasteiger partial charge < -0.3 is 20.2 Å². The number of ether oxygens (including phenoxy) is 2. The lowest BCUT2D eigenvalue weighted by molar-refractivity contribution is 0.243. The molecule has 5 aromatic rings. The van der Waals surface area contributed by atoms with Crippen LogP contribution in [0.4, 0.5) is 0 Å². The molecule has 0 bridgehead atoms. The number of pyridine rings is 1. The number of rotatable bonds is 8. The molecule has 5 rings (SSSR count). The Hall–Kier alpha value is -3.84. The number of nitrogens with two attached hydrogens (primary N) is 1. The standard InChI is InChI=1S/C27H29N5O2/c1-16(2)34-22-5-7-26-25(11-22)20(13-30-26)8-21(28)15-33-23-9-19(12-29-14-23)18-4-6-27-24(10-18)17(3)31-32-27/h4-7,9-14,16,21,30H,8,15,28H2,1-3H3,(H,31,32). The first-order chi connectivity index (χ1) is 16.5. The van der Waals surface area contributed by atoms with Crippen LogP contribution in [0.1, 0.15) is 25.1 Å². The number of nitrogens with one attached hydrogen (secondary N) is 2. The molecule has 4 N–H and O–H groups in total. The molecule has 0 saturated heterocycles. The van der Waals surface area contributed by atoms with E-state index in [2.05, 4.69) is 32.3 Å². The van der Waals surface area contributed by atoms with E-state index in [1.54, 1.807) is 6.20 Å². The highest BCUT2D eigenvalue weighted by Gasteiger charge is 2.12. The fourth-order valence-electron chi connectivity index (χ4n) is 4.19. The van der Waals surface area contributed by atoms with E-state index in [-0.39, 0.29) is 12.1 Å². The first-order valence-corrected chi connectivity index (χ1v) is 11.5. The number of H-pyrrole nitrogens is 2. The molecule has 0 spiro atoms. The summed E-state index contributed by atoms with van der Waals surface area (Å²) >= 11 is 0. The van der Waals surface area contributed by atoms with Gasteiger partial charge in [0.05, 0.1) is 17.8 Å². The SMILES string of the molecule is Cc1[nH]nc2ccc(-c3cncc(OCC(N)Cc4c[nH]c5ccc(OC(C)C)cc45)c3)cc12. The summed E-state index contributed by atoms with van der Waals surface area (Å²) in [6, 6.07) is 14.1. The molecule has 0 radical (unpaired) electrons. The summed E-state index contributed by atoms with van der Waals surface area (Å²) in [6.07, 6.45) is 6.39. The number of benzene rings is 2. The van der Waals surface area contributed by atoms with Crippen molar-refractivity contribution in [3.8, 4) is 22.6 Å². The number of nitrogens with zero attached hydrogens (tertiary/aromatic N) is 2. The predicted octanol–water partition coefficient (Wildman–Crippen LogP) is 5.15. The van der Waals surface area contributed by atoms with Crippen molar-refractivity contribution in [3.63, 3.8) is 0 Å². The lowest BCUT2D eigenvalue weighted by atomic mass is 10.0. The van der Waals surface area contributed by atoms with E-state index in [0.29, 0.717) is 18.8 Å². The predicted molar refractivity (Wildman–Crippen MR) is 135 cm³/mol. The molecule has 0 aliphatic carbocycles. The second kappa shape index (κ2) is 9.19. The third-order valence-electron chi connectivity index (χ3n) is 5.85. The van der Waals surface area contributed by atoms with Crippen LogP contribution in [0.5, 0.6) is 11.5 Å². The summed E-state index contributed by atoms with van der Waals surface area (Å²) < 4.78 is 11.9. The van der Waals surface area contributed by atoms with Crippen LogP contribution in [0.3, 0.4) is 0 Å². The first-order valence-electron chi connectivity index (χ1n) is 11.5. The highest BCUT2D eigenvalue weighted by Crippen LogP contribution is 2.28. The number of hydrogen-bond acceptors (Lipinski definition) is 5. The largest absolute Gasteiger partial charge is 0.491 e. The maximum Gasteiger partial charge on any atom is 0.138 e. The molecule has 7 heteroatoms. The van der Waals surface area contributed by atoms with Crippen LogP contribution in [0.2, 0.25) is 0 Å². The van der Waals surface area contributed by atoms with Gasteiger partial charge in [-0.3, -0.25) is 10.1 Å². The molecule has 0 fully saturated rings. The second-order valence-corrected chi connectivity index (χ2v) is 8.95. The third kappa shape index (κ3) is 4.61. The Labute approximate surface area is 198 Å². The summed E-state index contributed by atoms with van der Waals surface area (Å²) in [5.74, 6) is 1.56. The first kappa shape index (κ1) is 22.0. The van der Waals surface area contributed by atoms with Crippen molar-refractivity contribution < 1.29 is 9.47 Å². The quantitative estimate of drug-likeness (QED) is 0.300. The van der Waals surface area contributed by atoms with E-state index in [0.717, 1.165) is 49.9 Å². The fraction of sp³-hybridized carbons (Fsp3) is 0.259. The van der Waals surface area contributed by atoms with Crippen molar-refractivity contribution in [2.24, 2.45) is 5.73 Å². The van der Waals surface area contributed by atoms with E-state index < -0.39 is 0 Å². The number of aromatic nitrogens is 4.